The van der Waals surface area contributed by atoms with E-state index in [2.05, 4.69) is 9.62 Å². The average Bonchev–Trinajstić information content (AvgIpc) is 3.53. The number of anilines is 1. The van der Waals surface area contributed by atoms with Crippen molar-refractivity contribution < 1.29 is 13.2 Å². The van der Waals surface area contributed by atoms with Crippen molar-refractivity contribution in [3.05, 3.63) is 58.4 Å². The SMILES string of the molecule is Cc1ccc2c(c1)C(NS(C)(=O)=O)(C(=O)N(C)[C@@H](C)c1cc3nc(N4CC[C@H](N)C4)c(C)cn3n1)CC2. The molecule has 1 fully saturated rings. The van der Waals surface area contributed by atoms with Crippen LogP contribution >= 0.6 is 0 Å². The molecule has 1 saturated heterocycles. The van der Waals surface area contributed by atoms with Crippen molar-refractivity contribution in [2.75, 3.05) is 31.3 Å². The summed E-state index contributed by atoms with van der Waals surface area (Å²) in [6.07, 6.45) is 4.96. The Hall–Kier alpha value is -3.02. The number of benzene rings is 1. The van der Waals surface area contributed by atoms with Gasteiger partial charge in [0.05, 0.1) is 18.0 Å². The quantitative estimate of drug-likeness (QED) is 0.503. The maximum atomic E-state index is 14.1. The number of fused-ring (bicyclic) bond motifs is 2. The molecule has 10 nitrogen and oxygen atoms in total. The van der Waals surface area contributed by atoms with Crippen LogP contribution in [0.3, 0.4) is 0 Å². The molecular weight excluding hydrogens is 490 g/mol. The molecule has 3 N–H and O–H groups in total. The zero-order valence-corrected chi connectivity index (χ0v) is 22.8. The van der Waals surface area contributed by atoms with E-state index in [-0.39, 0.29) is 11.9 Å². The molecule has 3 heterocycles. The number of nitrogens with two attached hydrogens (primary N) is 1. The second kappa shape index (κ2) is 9.07. The summed E-state index contributed by atoms with van der Waals surface area (Å²) in [6.45, 7) is 7.49. The molecule has 1 aliphatic carbocycles. The molecule has 2 aromatic heterocycles. The van der Waals surface area contributed by atoms with E-state index in [9.17, 15) is 13.2 Å². The van der Waals surface area contributed by atoms with Crippen molar-refractivity contribution in [3.63, 3.8) is 0 Å². The minimum absolute atomic E-state index is 0.148. The van der Waals surface area contributed by atoms with Gasteiger partial charge in [0, 0.05) is 44.0 Å². The van der Waals surface area contributed by atoms with Crippen molar-refractivity contribution in [1.82, 2.24) is 24.2 Å². The van der Waals surface area contributed by atoms with Crippen molar-refractivity contribution >= 4 is 27.4 Å². The summed E-state index contributed by atoms with van der Waals surface area (Å²) in [7, 11) is -1.97. The van der Waals surface area contributed by atoms with Crippen LogP contribution in [0.15, 0.2) is 30.5 Å². The number of carbonyl (C=O) groups excluding carboxylic acids is 1. The molecule has 0 saturated carbocycles. The van der Waals surface area contributed by atoms with E-state index in [0.29, 0.717) is 24.2 Å². The van der Waals surface area contributed by atoms with Crippen LogP contribution in [-0.2, 0) is 26.8 Å². The Labute approximate surface area is 217 Å². The topological polar surface area (TPSA) is 126 Å². The van der Waals surface area contributed by atoms with Crippen molar-refractivity contribution in [2.24, 2.45) is 5.73 Å². The number of sulfonamides is 1. The highest BCUT2D eigenvalue weighted by molar-refractivity contribution is 7.88. The number of amides is 1. The van der Waals surface area contributed by atoms with Crippen LogP contribution < -0.4 is 15.4 Å². The predicted molar refractivity (Wildman–Crippen MR) is 143 cm³/mol. The highest BCUT2D eigenvalue weighted by Crippen LogP contribution is 2.40. The van der Waals surface area contributed by atoms with Gasteiger partial charge < -0.3 is 15.5 Å². The number of aromatic nitrogens is 3. The van der Waals surface area contributed by atoms with Crippen LogP contribution in [0.4, 0.5) is 5.82 Å². The van der Waals surface area contributed by atoms with E-state index in [1.165, 1.54) is 0 Å². The molecule has 0 bridgehead atoms. The van der Waals surface area contributed by atoms with E-state index in [1.807, 2.05) is 51.2 Å². The number of rotatable bonds is 6. The fraction of sp³-hybridized carbons (Fsp3) is 0.500. The molecule has 1 aromatic carbocycles. The number of hydrogen-bond acceptors (Lipinski definition) is 7. The zero-order chi connectivity index (χ0) is 26.7. The van der Waals surface area contributed by atoms with Gasteiger partial charge in [0.25, 0.3) is 0 Å². The lowest BCUT2D eigenvalue weighted by molar-refractivity contribution is -0.138. The second-order valence-corrected chi connectivity index (χ2v) is 12.4. The first kappa shape index (κ1) is 25.6. The molecule has 1 aliphatic heterocycles. The minimum atomic E-state index is -3.67. The molecule has 37 heavy (non-hydrogen) atoms. The molecule has 1 amide bonds. The standard InChI is InChI=1S/C26H35N7O3S/c1-16-6-7-19-8-10-26(21(19)12-16,30-37(5,35)36)25(34)31(4)18(3)22-13-23-28-24(17(2)14-33(23)29-22)32-11-9-20(27)15-32/h6-7,12-14,18,20,30H,8-11,15,27H2,1-5H3/t18-,20-,26?/m0/s1. The summed E-state index contributed by atoms with van der Waals surface area (Å²) in [5.41, 5.74) is 9.80. The highest BCUT2D eigenvalue weighted by Gasteiger charge is 2.49. The van der Waals surface area contributed by atoms with E-state index in [0.717, 1.165) is 53.8 Å². The third-order valence-electron chi connectivity index (χ3n) is 7.70. The van der Waals surface area contributed by atoms with Gasteiger partial charge in [-0.1, -0.05) is 23.8 Å². The normalized spacial score (nSPS) is 22.4. The Balaban J connectivity index is 1.48. The van der Waals surface area contributed by atoms with Gasteiger partial charge in [-0.25, -0.2) is 17.9 Å². The fourth-order valence-corrected chi connectivity index (χ4v) is 6.58. The molecule has 5 rings (SSSR count). The minimum Gasteiger partial charge on any atom is -0.355 e. The van der Waals surface area contributed by atoms with Gasteiger partial charge >= 0.3 is 0 Å². The second-order valence-electron chi connectivity index (χ2n) is 10.6. The Morgan fingerprint density at radius 3 is 2.73 bits per heavy atom. The zero-order valence-electron chi connectivity index (χ0n) is 22.0. The average molecular weight is 526 g/mol. The third-order valence-corrected chi connectivity index (χ3v) is 8.42. The molecule has 1 unspecified atom stereocenters. The van der Waals surface area contributed by atoms with Crippen LogP contribution in [0.5, 0.6) is 0 Å². The van der Waals surface area contributed by atoms with Gasteiger partial charge in [-0.15, -0.1) is 0 Å². The first-order valence-electron chi connectivity index (χ1n) is 12.6. The van der Waals surface area contributed by atoms with Gasteiger partial charge in [0.2, 0.25) is 15.9 Å². The summed E-state index contributed by atoms with van der Waals surface area (Å²) in [4.78, 5) is 22.7. The summed E-state index contributed by atoms with van der Waals surface area (Å²) in [5.74, 6) is 0.598. The first-order valence-corrected chi connectivity index (χ1v) is 14.5. The Morgan fingerprint density at radius 1 is 1.30 bits per heavy atom. The number of carbonyl (C=O) groups is 1. The van der Waals surface area contributed by atoms with Gasteiger partial charge in [0.1, 0.15) is 11.4 Å². The molecule has 198 valence electrons. The van der Waals surface area contributed by atoms with Gasteiger partial charge in [-0.3, -0.25) is 4.79 Å². The fourth-order valence-electron chi connectivity index (χ4n) is 5.65. The molecule has 11 heteroatoms. The Kier molecular flexibility index (Phi) is 6.28. The lowest BCUT2D eigenvalue weighted by Gasteiger charge is -2.36. The molecule has 2 aliphatic rings. The highest BCUT2D eigenvalue weighted by atomic mass is 32.2. The van der Waals surface area contributed by atoms with Gasteiger partial charge in [-0.2, -0.15) is 9.82 Å². The van der Waals surface area contributed by atoms with Crippen LogP contribution in [0.25, 0.3) is 5.65 Å². The van der Waals surface area contributed by atoms with Crippen LogP contribution in [0.1, 0.15) is 53.8 Å². The molecule has 3 atom stereocenters. The smallest absolute Gasteiger partial charge is 0.248 e. The third kappa shape index (κ3) is 4.60. The molecule has 0 spiro atoms. The predicted octanol–water partition coefficient (Wildman–Crippen LogP) is 1.79. The number of aryl methyl sites for hydroxylation is 3. The van der Waals surface area contributed by atoms with Crippen LogP contribution in [0, 0.1) is 13.8 Å². The van der Waals surface area contributed by atoms with Crippen LogP contribution in [-0.4, -0.2) is 66.3 Å². The summed E-state index contributed by atoms with van der Waals surface area (Å²) >= 11 is 0. The van der Waals surface area contributed by atoms with E-state index in [4.69, 9.17) is 15.8 Å². The van der Waals surface area contributed by atoms with Crippen molar-refractivity contribution in [2.45, 2.75) is 57.7 Å². The maximum Gasteiger partial charge on any atom is 0.248 e. The molecular formula is C26H35N7O3S. The van der Waals surface area contributed by atoms with E-state index in [1.54, 1.807) is 16.5 Å². The van der Waals surface area contributed by atoms with Gasteiger partial charge in [0.15, 0.2) is 5.65 Å². The largest absolute Gasteiger partial charge is 0.355 e. The van der Waals surface area contributed by atoms with Crippen molar-refractivity contribution in [3.8, 4) is 0 Å². The summed E-state index contributed by atoms with van der Waals surface area (Å²) < 4.78 is 29.3. The summed E-state index contributed by atoms with van der Waals surface area (Å²) in [5, 5.41) is 4.72. The summed E-state index contributed by atoms with van der Waals surface area (Å²) in [6, 6.07) is 7.51. The Morgan fingerprint density at radius 2 is 2.05 bits per heavy atom. The van der Waals surface area contributed by atoms with Gasteiger partial charge in [-0.05, 0) is 51.2 Å². The first-order chi connectivity index (χ1) is 17.4. The van der Waals surface area contributed by atoms with Crippen molar-refractivity contribution in [1.29, 1.82) is 0 Å². The van der Waals surface area contributed by atoms with E-state index < -0.39 is 21.6 Å². The van der Waals surface area contributed by atoms with E-state index >= 15 is 0 Å². The lowest BCUT2D eigenvalue weighted by Crippen LogP contribution is -2.55. The molecule has 3 aromatic rings. The number of likely N-dealkylation sites (N-methyl/N-ethyl adjacent to an activating group) is 1. The maximum absolute atomic E-state index is 14.1. The number of nitrogens with zero attached hydrogens (tertiary/aromatic N) is 5. The monoisotopic (exact) mass is 525 g/mol. The number of hydrogen-bond donors (Lipinski definition) is 2. The molecule has 0 radical (unpaired) electrons. The van der Waals surface area contributed by atoms with Crippen LogP contribution in [0.2, 0.25) is 0 Å². The lowest BCUT2D eigenvalue weighted by atomic mass is 9.90. The number of nitrogens with one attached hydrogen (secondary N) is 1. The Bertz CT molecular complexity index is 1480.